The monoisotopic (exact) mass is 332 g/mol. The van der Waals surface area contributed by atoms with Gasteiger partial charge in [0, 0.05) is 31.3 Å². The second-order valence-electron chi connectivity index (χ2n) is 4.22. The zero-order chi connectivity index (χ0) is 13.9. The lowest BCUT2D eigenvalue weighted by Crippen LogP contribution is -2.02. The van der Waals surface area contributed by atoms with Gasteiger partial charge in [0.25, 0.3) is 0 Å². The number of hydrogen-bond donors (Lipinski definition) is 0. The minimum atomic E-state index is -0.274. The van der Waals surface area contributed by atoms with Crippen molar-refractivity contribution in [3.05, 3.63) is 65.0 Å². The Morgan fingerprint density at radius 1 is 1.15 bits per heavy atom. The largest absolute Gasteiger partial charge is 0.325 e. The van der Waals surface area contributed by atoms with E-state index in [-0.39, 0.29) is 5.82 Å². The van der Waals surface area contributed by atoms with Crippen LogP contribution in [0, 0.1) is 5.82 Å². The van der Waals surface area contributed by atoms with Gasteiger partial charge < -0.3 is 4.57 Å². The van der Waals surface area contributed by atoms with Crippen molar-refractivity contribution in [2.45, 2.75) is 6.54 Å². The van der Waals surface area contributed by atoms with Gasteiger partial charge in [-0.3, -0.25) is 4.98 Å². The van der Waals surface area contributed by atoms with E-state index in [1.807, 2.05) is 16.8 Å². The van der Waals surface area contributed by atoms with Crippen molar-refractivity contribution >= 4 is 15.9 Å². The normalized spacial score (nSPS) is 10.7. The van der Waals surface area contributed by atoms with Crippen LogP contribution >= 0.6 is 15.9 Å². The average molecular weight is 333 g/mol. The molecule has 0 radical (unpaired) electrons. The van der Waals surface area contributed by atoms with Gasteiger partial charge in [0.05, 0.1) is 10.7 Å². The first-order valence-corrected chi connectivity index (χ1v) is 6.75. The molecule has 0 fully saturated rings. The van der Waals surface area contributed by atoms with Crippen molar-refractivity contribution in [2.24, 2.45) is 0 Å². The molecule has 4 nitrogen and oxygen atoms in total. The molecule has 0 aliphatic rings. The maximum atomic E-state index is 13.5. The molecule has 0 aliphatic carbocycles. The van der Waals surface area contributed by atoms with Crippen LogP contribution in [0.5, 0.6) is 0 Å². The zero-order valence-electron chi connectivity index (χ0n) is 10.4. The van der Waals surface area contributed by atoms with E-state index < -0.39 is 0 Å². The van der Waals surface area contributed by atoms with Crippen molar-refractivity contribution in [3.8, 4) is 11.5 Å². The fourth-order valence-electron chi connectivity index (χ4n) is 1.92. The molecule has 0 saturated heterocycles. The molecule has 0 saturated carbocycles. The van der Waals surface area contributed by atoms with Gasteiger partial charge in [0.15, 0.2) is 5.82 Å². The van der Waals surface area contributed by atoms with Gasteiger partial charge in [-0.25, -0.2) is 14.4 Å². The third-order valence-corrected chi connectivity index (χ3v) is 3.49. The predicted octanol–water partition coefficient (Wildman–Crippen LogP) is 3.29. The van der Waals surface area contributed by atoms with E-state index in [9.17, 15) is 4.39 Å². The first-order valence-electron chi connectivity index (χ1n) is 5.95. The highest BCUT2D eigenvalue weighted by molar-refractivity contribution is 9.10. The zero-order valence-corrected chi connectivity index (χ0v) is 12.0. The lowest BCUT2D eigenvalue weighted by molar-refractivity contribution is 0.617. The highest BCUT2D eigenvalue weighted by Gasteiger charge is 2.08. The minimum absolute atomic E-state index is 0.274. The van der Waals surface area contributed by atoms with E-state index in [0.29, 0.717) is 22.5 Å². The van der Waals surface area contributed by atoms with Gasteiger partial charge in [-0.1, -0.05) is 6.07 Å². The summed E-state index contributed by atoms with van der Waals surface area (Å²) >= 11 is 3.15. The van der Waals surface area contributed by atoms with Gasteiger partial charge in [-0.05, 0) is 33.6 Å². The molecular weight excluding hydrogens is 323 g/mol. The van der Waals surface area contributed by atoms with E-state index in [0.717, 1.165) is 5.56 Å². The third kappa shape index (κ3) is 2.60. The minimum Gasteiger partial charge on any atom is -0.325 e. The van der Waals surface area contributed by atoms with Gasteiger partial charge in [-0.2, -0.15) is 0 Å². The lowest BCUT2D eigenvalue weighted by atomic mass is 10.2. The molecule has 0 bridgehead atoms. The second-order valence-corrected chi connectivity index (χ2v) is 5.07. The van der Waals surface area contributed by atoms with Crippen molar-refractivity contribution in [3.63, 3.8) is 0 Å². The van der Waals surface area contributed by atoms with E-state index >= 15 is 0 Å². The Bertz CT molecular complexity index is 727. The summed E-state index contributed by atoms with van der Waals surface area (Å²) in [5.74, 6) is 0.435. The molecule has 100 valence electrons. The molecule has 0 spiro atoms. The molecule has 6 heteroatoms. The van der Waals surface area contributed by atoms with Crippen LogP contribution in [0.25, 0.3) is 11.5 Å². The summed E-state index contributed by atoms with van der Waals surface area (Å²) in [6.07, 6.45) is 8.42. The molecule has 2 heterocycles. The summed E-state index contributed by atoms with van der Waals surface area (Å²) in [5, 5.41) is 0. The number of nitrogens with zero attached hydrogens (tertiary/aromatic N) is 4. The first kappa shape index (κ1) is 12.9. The molecule has 0 N–H and O–H groups in total. The quantitative estimate of drug-likeness (QED) is 0.739. The molecule has 0 amide bonds. The number of hydrogen-bond acceptors (Lipinski definition) is 3. The van der Waals surface area contributed by atoms with Gasteiger partial charge in [0.1, 0.15) is 11.5 Å². The van der Waals surface area contributed by atoms with Crippen LogP contribution in [0.15, 0.2) is 53.7 Å². The van der Waals surface area contributed by atoms with Gasteiger partial charge >= 0.3 is 0 Å². The molecule has 3 rings (SSSR count). The summed E-state index contributed by atoms with van der Waals surface area (Å²) < 4.78 is 15.9. The van der Waals surface area contributed by atoms with Crippen molar-refractivity contribution in [1.29, 1.82) is 0 Å². The summed E-state index contributed by atoms with van der Waals surface area (Å²) in [6.45, 7) is 0.524. The van der Waals surface area contributed by atoms with Crippen LogP contribution < -0.4 is 0 Å². The number of imidazole rings is 1. The first-order chi connectivity index (χ1) is 9.74. The Morgan fingerprint density at radius 3 is 2.80 bits per heavy atom. The lowest BCUT2D eigenvalue weighted by Gasteiger charge is -2.08. The highest BCUT2D eigenvalue weighted by atomic mass is 79.9. The predicted molar refractivity (Wildman–Crippen MR) is 76.5 cm³/mol. The Hall–Kier alpha value is -2.08. The average Bonchev–Trinajstić information content (AvgIpc) is 2.92. The SMILES string of the molecule is Fc1cc(Cn2ccnc2-c2cnccn2)ccc1Br. The van der Waals surface area contributed by atoms with Crippen LogP contribution in [-0.4, -0.2) is 19.5 Å². The topological polar surface area (TPSA) is 43.6 Å². The van der Waals surface area contributed by atoms with Crippen molar-refractivity contribution < 1.29 is 4.39 Å². The highest BCUT2D eigenvalue weighted by Crippen LogP contribution is 2.19. The third-order valence-electron chi connectivity index (χ3n) is 2.84. The molecule has 3 aromatic rings. The second kappa shape index (κ2) is 5.50. The van der Waals surface area contributed by atoms with Crippen molar-refractivity contribution in [1.82, 2.24) is 19.5 Å². The van der Waals surface area contributed by atoms with E-state index in [4.69, 9.17) is 0 Å². The summed E-state index contributed by atoms with van der Waals surface area (Å²) in [6, 6.07) is 5.07. The number of benzene rings is 1. The van der Waals surface area contributed by atoms with Crippen molar-refractivity contribution in [2.75, 3.05) is 0 Å². The maximum absolute atomic E-state index is 13.5. The maximum Gasteiger partial charge on any atom is 0.160 e. The Balaban J connectivity index is 1.92. The number of rotatable bonds is 3. The summed E-state index contributed by atoms with van der Waals surface area (Å²) in [7, 11) is 0. The molecule has 0 unspecified atom stereocenters. The Morgan fingerprint density at radius 2 is 2.05 bits per heavy atom. The summed E-state index contributed by atoms with van der Waals surface area (Å²) in [4.78, 5) is 12.5. The standard InChI is InChI=1S/C14H10BrFN4/c15-11-2-1-10(7-12(11)16)9-20-6-5-19-14(20)13-8-17-3-4-18-13/h1-8H,9H2. The summed E-state index contributed by atoms with van der Waals surface area (Å²) in [5.41, 5.74) is 1.55. The molecule has 0 atom stereocenters. The smallest absolute Gasteiger partial charge is 0.160 e. The fourth-order valence-corrected chi connectivity index (χ4v) is 2.17. The molecule has 20 heavy (non-hydrogen) atoms. The fraction of sp³-hybridized carbons (Fsp3) is 0.0714. The molecule has 0 aliphatic heterocycles. The van der Waals surface area contributed by atoms with E-state index in [1.54, 1.807) is 30.9 Å². The number of aromatic nitrogens is 4. The molecular formula is C14H10BrFN4. The van der Waals surface area contributed by atoms with Crippen LogP contribution in [0.1, 0.15) is 5.56 Å². The molecule has 1 aromatic carbocycles. The van der Waals surface area contributed by atoms with E-state index in [2.05, 4.69) is 30.9 Å². The van der Waals surface area contributed by atoms with Gasteiger partial charge in [0.2, 0.25) is 0 Å². The van der Waals surface area contributed by atoms with Crippen LogP contribution in [-0.2, 0) is 6.54 Å². The Kier molecular flexibility index (Phi) is 3.56. The number of halogens is 2. The van der Waals surface area contributed by atoms with Crippen LogP contribution in [0.3, 0.4) is 0 Å². The molecule has 2 aromatic heterocycles. The van der Waals surface area contributed by atoms with Crippen LogP contribution in [0.2, 0.25) is 0 Å². The van der Waals surface area contributed by atoms with Crippen LogP contribution in [0.4, 0.5) is 4.39 Å². The van der Waals surface area contributed by atoms with E-state index in [1.165, 1.54) is 6.07 Å². The van der Waals surface area contributed by atoms with Gasteiger partial charge in [-0.15, -0.1) is 0 Å². The Labute approximate surface area is 123 Å².